The molecule has 2 aromatic rings. The first-order chi connectivity index (χ1) is 16.5. The van der Waals surface area contributed by atoms with Crippen LogP contribution in [-0.2, 0) is 6.42 Å². The van der Waals surface area contributed by atoms with Crippen LogP contribution in [0.5, 0.6) is 0 Å². The summed E-state index contributed by atoms with van der Waals surface area (Å²) in [5, 5.41) is 20.2. The van der Waals surface area contributed by atoms with Gasteiger partial charge in [0.25, 0.3) is 5.91 Å². The fourth-order valence-electron chi connectivity index (χ4n) is 4.01. The summed E-state index contributed by atoms with van der Waals surface area (Å²) in [7, 11) is 0. The molecule has 34 heavy (non-hydrogen) atoms. The van der Waals surface area contributed by atoms with Crippen molar-refractivity contribution in [2.75, 3.05) is 25.0 Å². The number of amides is 1. The Balaban J connectivity index is 1.39. The van der Waals surface area contributed by atoms with Crippen molar-refractivity contribution in [3.05, 3.63) is 65.5 Å². The lowest BCUT2D eigenvalue weighted by Crippen LogP contribution is -2.48. The molecular formula is C28H34FN3O2. The van der Waals surface area contributed by atoms with E-state index in [-0.39, 0.29) is 5.56 Å². The Morgan fingerprint density at radius 2 is 1.97 bits per heavy atom. The number of carbonyl (C=O) groups excluding carboxylic acids is 1. The first kappa shape index (κ1) is 24.3. The summed E-state index contributed by atoms with van der Waals surface area (Å²) in [6.45, 7) is 3.77. The first-order valence-electron chi connectivity index (χ1n) is 12.2. The van der Waals surface area contributed by atoms with Gasteiger partial charge in [0.2, 0.25) is 0 Å². The highest BCUT2D eigenvalue weighted by molar-refractivity contribution is 5.95. The van der Waals surface area contributed by atoms with Gasteiger partial charge < -0.3 is 21.1 Å². The average Bonchev–Trinajstić information content (AvgIpc) is 3.75. The van der Waals surface area contributed by atoms with Crippen molar-refractivity contribution in [1.29, 1.82) is 0 Å². The highest BCUT2D eigenvalue weighted by atomic mass is 19.1. The van der Waals surface area contributed by atoms with Gasteiger partial charge in [-0.25, -0.2) is 4.39 Å². The standard InChI is InChI=1S/C28H34FN3O2/c1-19-12-23(19)17-31-25-15-22(14-24(29)16-25)28(34)32-26(13-21-6-3-2-4-7-21)27(33)18-30-11-5-8-20-9-10-20/h2-4,6-7,14-16,19-20,23,26-27,30-31,33H,9-13,17-18H2,1H3,(H,32,34). The average molecular weight is 464 g/mol. The number of benzene rings is 2. The SMILES string of the molecule is CC1CC1CNc1cc(F)cc(C(=O)NC(Cc2ccccc2)C(O)CNCC#CC2CC2)c1. The molecule has 0 aliphatic heterocycles. The van der Waals surface area contributed by atoms with Crippen LogP contribution >= 0.6 is 0 Å². The third-order valence-corrected chi connectivity index (χ3v) is 6.53. The van der Waals surface area contributed by atoms with E-state index < -0.39 is 23.9 Å². The largest absolute Gasteiger partial charge is 0.390 e. The van der Waals surface area contributed by atoms with Crippen molar-refractivity contribution in [1.82, 2.24) is 10.6 Å². The summed E-state index contributed by atoms with van der Waals surface area (Å²) in [6, 6.07) is 13.5. The Morgan fingerprint density at radius 3 is 2.68 bits per heavy atom. The number of halogens is 1. The van der Waals surface area contributed by atoms with Crippen LogP contribution in [0.4, 0.5) is 10.1 Å². The number of hydrogen-bond acceptors (Lipinski definition) is 4. The van der Waals surface area contributed by atoms with Crippen molar-refractivity contribution >= 4 is 11.6 Å². The number of rotatable bonds is 11. The molecular weight excluding hydrogens is 429 g/mol. The van der Waals surface area contributed by atoms with Gasteiger partial charge in [-0.05, 0) is 61.3 Å². The second-order valence-electron chi connectivity index (χ2n) is 9.65. The van der Waals surface area contributed by atoms with E-state index in [0.29, 0.717) is 43.0 Å². The van der Waals surface area contributed by atoms with Crippen molar-refractivity contribution in [2.45, 2.75) is 44.8 Å². The van der Waals surface area contributed by atoms with Gasteiger partial charge in [0.15, 0.2) is 0 Å². The smallest absolute Gasteiger partial charge is 0.251 e. The van der Waals surface area contributed by atoms with Gasteiger partial charge in [-0.2, -0.15) is 0 Å². The molecule has 0 spiro atoms. The van der Waals surface area contributed by atoms with E-state index in [4.69, 9.17) is 0 Å². The van der Waals surface area contributed by atoms with Crippen LogP contribution < -0.4 is 16.0 Å². The maximum absolute atomic E-state index is 14.3. The van der Waals surface area contributed by atoms with E-state index >= 15 is 0 Å². The first-order valence-corrected chi connectivity index (χ1v) is 12.2. The molecule has 0 radical (unpaired) electrons. The molecule has 4 atom stereocenters. The summed E-state index contributed by atoms with van der Waals surface area (Å²) in [5.74, 6) is 7.23. The molecule has 4 rings (SSSR count). The number of anilines is 1. The normalized spacial score (nSPS) is 20.6. The number of nitrogens with one attached hydrogen (secondary N) is 3. The predicted octanol–water partition coefficient (Wildman–Crippen LogP) is 3.60. The van der Waals surface area contributed by atoms with Gasteiger partial charge in [-0.15, -0.1) is 0 Å². The van der Waals surface area contributed by atoms with Crippen molar-refractivity contribution in [3.8, 4) is 11.8 Å². The summed E-state index contributed by atoms with van der Waals surface area (Å²) in [6.07, 6.45) is 3.17. The number of carbonyl (C=O) groups is 1. The zero-order valence-electron chi connectivity index (χ0n) is 19.7. The van der Waals surface area contributed by atoms with Gasteiger partial charge >= 0.3 is 0 Å². The lowest BCUT2D eigenvalue weighted by atomic mass is 10.0. The molecule has 4 N–H and O–H groups in total. The van der Waals surface area contributed by atoms with Gasteiger partial charge in [0.05, 0.1) is 18.7 Å². The topological polar surface area (TPSA) is 73.4 Å². The van der Waals surface area contributed by atoms with Crippen molar-refractivity contribution in [2.24, 2.45) is 17.8 Å². The lowest BCUT2D eigenvalue weighted by molar-refractivity contribution is 0.0832. The molecule has 4 unspecified atom stereocenters. The molecule has 6 heteroatoms. The molecule has 1 amide bonds. The summed E-state index contributed by atoms with van der Waals surface area (Å²) >= 11 is 0. The lowest BCUT2D eigenvalue weighted by Gasteiger charge is -2.25. The minimum absolute atomic E-state index is 0.236. The van der Waals surface area contributed by atoms with Crippen LogP contribution in [0.2, 0.25) is 0 Å². The molecule has 2 aliphatic carbocycles. The predicted molar refractivity (Wildman–Crippen MR) is 133 cm³/mol. The second kappa shape index (κ2) is 11.5. The zero-order chi connectivity index (χ0) is 23.9. The molecule has 2 aliphatic rings. The molecule has 2 saturated carbocycles. The van der Waals surface area contributed by atoms with E-state index in [9.17, 15) is 14.3 Å². The molecule has 0 bridgehead atoms. The number of aliphatic hydroxyl groups is 1. The van der Waals surface area contributed by atoms with E-state index in [1.165, 1.54) is 31.4 Å². The van der Waals surface area contributed by atoms with Crippen molar-refractivity contribution in [3.63, 3.8) is 0 Å². The maximum atomic E-state index is 14.3. The summed E-state index contributed by atoms with van der Waals surface area (Å²) < 4.78 is 14.3. The van der Waals surface area contributed by atoms with E-state index in [0.717, 1.165) is 12.1 Å². The Hall–Kier alpha value is -2.88. The van der Waals surface area contributed by atoms with Crippen LogP contribution in [-0.4, -0.2) is 42.8 Å². The minimum atomic E-state index is -0.825. The third kappa shape index (κ3) is 7.58. The fourth-order valence-corrected chi connectivity index (χ4v) is 4.01. The van der Waals surface area contributed by atoms with Gasteiger partial charge in [-0.3, -0.25) is 4.79 Å². The zero-order valence-corrected chi connectivity index (χ0v) is 19.7. The Bertz CT molecular complexity index is 1030. The Kier molecular flexibility index (Phi) is 8.21. The van der Waals surface area contributed by atoms with Crippen LogP contribution in [0.15, 0.2) is 48.5 Å². The summed E-state index contributed by atoms with van der Waals surface area (Å²) in [5.41, 5.74) is 1.83. The van der Waals surface area contributed by atoms with Crippen LogP contribution in [0.1, 0.15) is 42.1 Å². The highest BCUT2D eigenvalue weighted by Crippen LogP contribution is 2.37. The highest BCUT2D eigenvalue weighted by Gasteiger charge is 2.32. The molecule has 0 saturated heterocycles. The van der Waals surface area contributed by atoms with Crippen LogP contribution in [0.3, 0.4) is 0 Å². The monoisotopic (exact) mass is 463 g/mol. The molecule has 2 fully saturated rings. The molecule has 2 aromatic carbocycles. The van der Waals surface area contributed by atoms with Crippen LogP contribution in [0.25, 0.3) is 0 Å². The Labute approximate surface area is 201 Å². The second-order valence-corrected chi connectivity index (χ2v) is 9.65. The quantitative estimate of drug-likeness (QED) is 0.304. The number of aliphatic hydroxyl groups excluding tert-OH is 1. The van der Waals surface area contributed by atoms with Crippen LogP contribution in [0, 0.1) is 35.4 Å². The summed E-state index contributed by atoms with van der Waals surface area (Å²) in [4.78, 5) is 13.1. The molecule has 0 aromatic heterocycles. The fraction of sp³-hybridized carbons (Fsp3) is 0.464. The number of hydrogen-bond donors (Lipinski definition) is 4. The Morgan fingerprint density at radius 1 is 1.21 bits per heavy atom. The van der Waals surface area contributed by atoms with Gasteiger partial charge in [-0.1, -0.05) is 49.1 Å². The van der Waals surface area contributed by atoms with Gasteiger partial charge in [0.1, 0.15) is 5.82 Å². The van der Waals surface area contributed by atoms with E-state index in [2.05, 4.69) is 34.7 Å². The minimum Gasteiger partial charge on any atom is -0.390 e. The third-order valence-electron chi connectivity index (χ3n) is 6.53. The van der Waals surface area contributed by atoms with E-state index in [1.54, 1.807) is 6.07 Å². The maximum Gasteiger partial charge on any atom is 0.251 e. The molecule has 5 nitrogen and oxygen atoms in total. The molecule has 0 heterocycles. The van der Waals surface area contributed by atoms with Gasteiger partial charge in [0, 0.05) is 30.3 Å². The van der Waals surface area contributed by atoms with E-state index in [1.807, 2.05) is 30.3 Å². The van der Waals surface area contributed by atoms with Crippen molar-refractivity contribution < 1.29 is 14.3 Å². The molecule has 180 valence electrons.